The molecule has 1 amide bonds. The van der Waals surface area contributed by atoms with E-state index in [-0.39, 0.29) is 5.91 Å². The van der Waals surface area contributed by atoms with Gasteiger partial charge in [0.2, 0.25) is 5.91 Å². The lowest BCUT2D eigenvalue weighted by molar-refractivity contribution is -0.119. The van der Waals surface area contributed by atoms with Crippen molar-refractivity contribution in [2.24, 2.45) is 0 Å². The lowest BCUT2D eigenvalue weighted by Gasteiger charge is -2.05. The van der Waals surface area contributed by atoms with Crippen LogP contribution in [0.25, 0.3) is 0 Å². The molecule has 86 valence electrons. The van der Waals surface area contributed by atoms with Gasteiger partial charge in [0.05, 0.1) is 24.9 Å². The van der Waals surface area contributed by atoms with Crippen LogP contribution in [-0.2, 0) is 16.1 Å². The lowest BCUT2D eigenvalue weighted by Crippen LogP contribution is -2.20. The van der Waals surface area contributed by atoms with Crippen LogP contribution in [0.3, 0.4) is 0 Å². The molecule has 0 aliphatic heterocycles. The number of nitrogens with one attached hydrogen (secondary N) is 1. The number of pyridine rings is 1. The third kappa shape index (κ3) is 3.30. The summed E-state index contributed by atoms with van der Waals surface area (Å²) in [4.78, 5) is 26.0. The third-order valence-electron chi connectivity index (χ3n) is 1.84. The number of methoxy groups -OCH3 is 1. The standard InChI is InChI=1S/C10H11BrN2O3/c1-6(14)12-5-9-8(11)3-7(4-13-9)10(15)16-2/h3-4H,5H2,1-2H3,(H,12,14). The Morgan fingerprint density at radius 3 is 2.75 bits per heavy atom. The SMILES string of the molecule is COC(=O)c1cnc(CNC(C)=O)c(Br)c1. The van der Waals surface area contributed by atoms with Crippen LogP contribution in [0.4, 0.5) is 0 Å². The van der Waals surface area contributed by atoms with E-state index in [0.29, 0.717) is 22.3 Å². The number of rotatable bonds is 3. The van der Waals surface area contributed by atoms with Crippen LogP contribution in [0.1, 0.15) is 23.0 Å². The number of esters is 1. The highest BCUT2D eigenvalue weighted by Crippen LogP contribution is 2.16. The summed E-state index contributed by atoms with van der Waals surface area (Å²) in [6, 6.07) is 1.61. The summed E-state index contributed by atoms with van der Waals surface area (Å²) in [6.45, 7) is 1.74. The Labute approximate surface area is 101 Å². The maximum absolute atomic E-state index is 11.2. The molecule has 0 saturated heterocycles. The van der Waals surface area contributed by atoms with E-state index in [2.05, 4.69) is 31.0 Å². The van der Waals surface area contributed by atoms with Gasteiger partial charge in [-0.3, -0.25) is 9.78 Å². The third-order valence-corrected chi connectivity index (χ3v) is 2.53. The maximum Gasteiger partial charge on any atom is 0.339 e. The van der Waals surface area contributed by atoms with Gasteiger partial charge in [-0.2, -0.15) is 0 Å². The average molecular weight is 287 g/mol. The molecule has 1 aromatic heterocycles. The molecule has 1 heterocycles. The minimum Gasteiger partial charge on any atom is -0.465 e. The van der Waals surface area contributed by atoms with E-state index >= 15 is 0 Å². The molecule has 1 aromatic rings. The first-order valence-corrected chi connectivity index (χ1v) is 5.31. The molecule has 0 fully saturated rings. The summed E-state index contributed by atoms with van der Waals surface area (Å²) in [7, 11) is 1.31. The molecule has 1 rings (SSSR count). The zero-order chi connectivity index (χ0) is 12.1. The molecule has 0 unspecified atom stereocenters. The van der Waals surface area contributed by atoms with Gasteiger partial charge in [-0.25, -0.2) is 4.79 Å². The molecule has 5 nitrogen and oxygen atoms in total. The Morgan fingerprint density at radius 2 is 2.25 bits per heavy atom. The fourth-order valence-electron chi connectivity index (χ4n) is 1.03. The quantitative estimate of drug-likeness (QED) is 0.850. The summed E-state index contributed by atoms with van der Waals surface area (Å²) in [5.41, 5.74) is 1.02. The largest absolute Gasteiger partial charge is 0.465 e. The molecule has 6 heteroatoms. The number of ether oxygens (including phenoxy) is 1. The minimum atomic E-state index is -0.445. The summed E-state index contributed by atoms with van der Waals surface area (Å²) in [6.07, 6.45) is 1.41. The lowest BCUT2D eigenvalue weighted by atomic mass is 10.2. The second-order valence-corrected chi connectivity index (χ2v) is 3.91. The highest BCUT2D eigenvalue weighted by atomic mass is 79.9. The number of carbonyl (C=O) groups excluding carboxylic acids is 2. The van der Waals surface area contributed by atoms with Crippen molar-refractivity contribution in [1.29, 1.82) is 0 Å². The second-order valence-electron chi connectivity index (χ2n) is 3.05. The van der Waals surface area contributed by atoms with Crippen molar-refractivity contribution in [3.05, 3.63) is 28.0 Å². The van der Waals surface area contributed by atoms with Crippen LogP contribution in [0.2, 0.25) is 0 Å². The van der Waals surface area contributed by atoms with Crippen molar-refractivity contribution >= 4 is 27.8 Å². The topological polar surface area (TPSA) is 68.3 Å². The molecule has 0 aromatic carbocycles. The first-order chi connectivity index (χ1) is 7.54. The first-order valence-electron chi connectivity index (χ1n) is 4.51. The summed E-state index contributed by atoms with van der Waals surface area (Å²) in [5, 5.41) is 2.62. The van der Waals surface area contributed by atoms with E-state index < -0.39 is 5.97 Å². The van der Waals surface area contributed by atoms with Crippen LogP contribution >= 0.6 is 15.9 Å². The number of hydrogen-bond donors (Lipinski definition) is 1. The molecular weight excluding hydrogens is 276 g/mol. The fourth-order valence-corrected chi connectivity index (χ4v) is 1.52. The van der Waals surface area contributed by atoms with Crippen molar-refractivity contribution in [3.8, 4) is 0 Å². The van der Waals surface area contributed by atoms with Gasteiger partial charge < -0.3 is 10.1 Å². The van der Waals surface area contributed by atoms with Crippen LogP contribution in [0.5, 0.6) is 0 Å². The summed E-state index contributed by atoms with van der Waals surface area (Å²) in [5.74, 6) is -0.579. The van der Waals surface area contributed by atoms with E-state index in [0.717, 1.165) is 0 Å². The average Bonchev–Trinajstić information content (AvgIpc) is 2.26. The second kappa shape index (κ2) is 5.60. The van der Waals surface area contributed by atoms with Crippen LogP contribution in [0, 0.1) is 0 Å². The van der Waals surface area contributed by atoms with Gasteiger partial charge in [-0.05, 0) is 22.0 Å². The molecule has 0 aliphatic rings. The molecule has 0 radical (unpaired) electrons. The predicted molar refractivity (Wildman–Crippen MR) is 60.8 cm³/mol. The number of hydrogen-bond acceptors (Lipinski definition) is 4. The van der Waals surface area contributed by atoms with Crippen molar-refractivity contribution in [2.75, 3.05) is 7.11 Å². The van der Waals surface area contributed by atoms with Gasteiger partial charge >= 0.3 is 5.97 Å². The molecule has 0 aliphatic carbocycles. The number of aromatic nitrogens is 1. The van der Waals surface area contributed by atoms with Crippen molar-refractivity contribution in [3.63, 3.8) is 0 Å². The minimum absolute atomic E-state index is 0.134. The molecule has 16 heavy (non-hydrogen) atoms. The Hall–Kier alpha value is -1.43. The first kappa shape index (κ1) is 12.6. The van der Waals surface area contributed by atoms with Crippen LogP contribution in [-0.4, -0.2) is 24.0 Å². The van der Waals surface area contributed by atoms with E-state index in [1.807, 2.05) is 0 Å². The number of carbonyl (C=O) groups is 2. The predicted octanol–water partition coefficient (Wildman–Crippen LogP) is 1.27. The molecule has 0 spiro atoms. The normalized spacial score (nSPS) is 9.69. The Balaban J connectivity index is 2.83. The van der Waals surface area contributed by atoms with Crippen molar-refractivity contribution < 1.29 is 14.3 Å². The van der Waals surface area contributed by atoms with Gasteiger partial charge in [-0.1, -0.05) is 0 Å². The molecular formula is C10H11BrN2O3. The zero-order valence-electron chi connectivity index (χ0n) is 8.91. The summed E-state index contributed by atoms with van der Waals surface area (Å²) >= 11 is 3.27. The van der Waals surface area contributed by atoms with E-state index in [9.17, 15) is 9.59 Å². The Kier molecular flexibility index (Phi) is 4.42. The number of nitrogens with zero attached hydrogens (tertiary/aromatic N) is 1. The molecule has 0 saturated carbocycles. The fraction of sp³-hybridized carbons (Fsp3) is 0.300. The van der Waals surface area contributed by atoms with E-state index in [1.54, 1.807) is 6.07 Å². The van der Waals surface area contributed by atoms with Crippen LogP contribution < -0.4 is 5.32 Å². The zero-order valence-corrected chi connectivity index (χ0v) is 10.5. The monoisotopic (exact) mass is 286 g/mol. The van der Waals surface area contributed by atoms with E-state index in [1.165, 1.54) is 20.2 Å². The van der Waals surface area contributed by atoms with Gasteiger partial charge in [0, 0.05) is 17.6 Å². The highest BCUT2D eigenvalue weighted by Gasteiger charge is 2.09. The van der Waals surface area contributed by atoms with Crippen LogP contribution in [0.15, 0.2) is 16.7 Å². The van der Waals surface area contributed by atoms with E-state index in [4.69, 9.17) is 0 Å². The van der Waals surface area contributed by atoms with Crippen molar-refractivity contribution in [2.45, 2.75) is 13.5 Å². The van der Waals surface area contributed by atoms with Gasteiger partial charge in [0.1, 0.15) is 0 Å². The number of halogens is 1. The maximum atomic E-state index is 11.2. The Morgan fingerprint density at radius 1 is 1.56 bits per heavy atom. The molecule has 0 atom stereocenters. The molecule has 0 bridgehead atoms. The highest BCUT2D eigenvalue weighted by molar-refractivity contribution is 9.10. The smallest absolute Gasteiger partial charge is 0.339 e. The van der Waals surface area contributed by atoms with Gasteiger partial charge in [0.25, 0.3) is 0 Å². The van der Waals surface area contributed by atoms with Crippen molar-refractivity contribution in [1.82, 2.24) is 10.3 Å². The van der Waals surface area contributed by atoms with Gasteiger partial charge in [0.15, 0.2) is 0 Å². The number of amides is 1. The van der Waals surface area contributed by atoms with Gasteiger partial charge in [-0.15, -0.1) is 0 Å². The Bertz CT molecular complexity index is 421. The molecule has 1 N–H and O–H groups in total. The summed E-state index contributed by atoms with van der Waals surface area (Å²) < 4.78 is 5.22.